The van der Waals surface area contributed by atoms with E-state index in [1.165, 1.54) is 0 Å². The summed E-state index contributed by atoms with van der Waals surface area (Å²) in [6.07, 6.45) is -0.0386. The molecule has 20 heavy (non-hydrogen) atoms. The number of benzene rings is 1. The highest BCUT2D eigenvalue weighted by molar-refractivity contribution is 6.42. The molecule has 0 bridgehead atoms. The standard InChI is InChI=1S/C14H17Cl2NO3/c1-9-8-20-11(7-18)6-17(9)14(19)5-10-2-3-12(15)13(16)4-10/h2-4,9,11,18H,5-8H2,1H3. The summed E-state index contributed by atoms with van der Waals surface area (Å²) in [5, 5.41) is 10.1. The lowest BCUT2D eigenvalue weighted by Crippen LogP contribution is -2.52. The molecule has 1 amide bonds. The molecule has 2 atom stereocenters. The van der Waals surface area contributed by atoms with Gasteiger partial charge in [0.15, 0.2) is 0 Å². The third-order valence-electron chi connectivity index (χ3n) is 3.37. The largest absolute Gasteiger partial charge is 0.394 e. The Kier molecular flexibility index (Phi) is 5.27. The third-order valence-corrected chi connectivity index (χ3v) is 4.11. The number of ether oxygens (including phenoxy) is 1. The first-order valence-corrected chi connectivity index (χ1v) is 7.22. The van der Waals surface area contributed by atoms with Crippen molar-refractivity contribution in [3.05, 3.63) is 33.8 Å². The minimum absolute atomic E-state index is 0.00219. The molecule has 6 heteroatoms. The number of aliphatic hydroxyl groups excluding tert-OH is 1. The van der Waals surface area contributed by atoms with E-state index in [1.54, 1.807) is 23.1 Å². The molecule has 4 nitrogen and oxygen atoms in total. The Morgan fingerprint density at radius 2 is 2.20 bits per heavy atom. The fourth-order valence-corrected chi connectivity index (χ4v) is 2.52. The van der Waals surface area contributed by atoms with Crippen LogP contribution in [0.15, 0.2) is 18.2 Å². The molecule has 1 N–H and O–H groups in total. The first-order chi connectivity index (χ1) is 9.51. The lowest BCUT2D eigenvalue weighted by Gasteiger charge is -2.37. The first-order valence-electron chi connectivity index (χ1n) is 6.47. The molecule has 110 valence electrons. The van der Waals surface area contributed by atoms with E-state index >= 15 is 0 Å². The summed E-state index contributed by atoms with van der Waals surface area (Å²) >= 11 is 11.8. The number of amides is 1. The molecule has 1 aromatic carbocycles. The maximum absolute atomic E-state index is 12.3. The van der Waals surface area contributed by atoms with Crippen LogP contribution in [-0.4, -0.2) is 47.8 Å². The van der Waals surface area contributed by atoms with Gasteiger partial charge in [-0.1, -0.05) is 29.3 Å². The van der Waals surface area contributed by atoms with E-state index in [4.69, 9.17) is 33.0 Å². The van der Waals surface area contributed by atoms with Crippen LogP contribution in [0.2, 0.25) is 10.0 Å². The van der Waals surface area contributed by atoms with Gasteiger partial charge < -0.3 is 14.7 Å². The molecule has 0 radical (unpaired) electrons. The van der Waals surface area contributed by atoms with E-state index in [2.05, 4.69) is 0 Å². The number of morpholine rings is 1. The van der Waals surface area contributed by atoms with Crippen LogP contribution in [-0.2, 0) is 16.0 Å². The number of aliphatic hydroxyl groups is 1. The summed E-state index contributed by atoms with van der Waals surface area (Å²) in [5.74, 6) is -0.00219. The molecule has 0 aliphatic carbocycles. The summed E-state index contributed by atoms with van der Waals surface area (Å²) in [7, 11) is 0. The zero-order chi connectivity index (χ0) is 14.7. The molecule has 1 aromatic rings. The van der Waals surface area contributed by atoms with Crippen LogP contribution < -0.4 is 0 Å². The van der Waals surface area contributed by atoms with Gasteiger partial charge in [-0.2, -0.15) is 0 Å². The van der Waals surface area contributed by atoms with E-state index in [0.29, 0.717) is 23.2 Å². The molecule has 1 aliphatic rings. The maximum Gasteiger partial charge on any atom is 0.227 e. The van der Waals surface area contributed by atoms with Crippen molar-refractivity contribution >= 4 is 29.1 Å². The maximum atomic E-state index is 12.3. The molecule has 1 saturated heterocycles. The minimum Gasteiger partial charge on any atom is -0.394 e. The van der Waals surface area contributed by atoms with Crippen molar-refractivity contribution in [2.24, 2.45) is 0 Å². The second-order valence-corrected chi connectivity index (χ2v) is 5.77. The minimum atomic E-state index is -0.302. The van der Waals surface area contributed by atoms with Gasteiger partial charge in [0, 0.05) is 6.54 Å². The molecule has 0 saturated carbocycles. The van der Waals surface area contributed by atoms with Gasteiger partial charge in [0.25, 0.3) is 0 Å². The second kappa shape index (κ2) is 6.76. The lowest BCUT2D eigenvalue weighted by molar-refractivity contribution is -0.145. The summed E-state index contributed by atoms with van der Waals surface area (Å²) in [4.78, 5) is 14.1. The van der Waals surface area contributed by atoms with Crippen LogP contribution in [0.5, 0.6) is 0 Å². The molecule has 0 spiro atoms. The number of rotatable bonds is 3. The number of carbonyl (C=O) groups is 1. The molecular formula is C14H17Cl2NO3. The first kappa shape index (κ1) is 15.6. The van der Waals surface area contributed by atoms with Gasteiger partial charge in [0.1, 0.15) is 0 Å². The molecular weight excluding hydrogens is 301 g/mol. The number of hydrogen-bond acceptors (Lipinski definition) is 3. The van der Waals surface area contributed by atoms with E-state index in [9.17, 15) is 4.79 Å². The molecule has 1 heterocycles. The van der Waals surface area contributed by atoms with Crippen LogP contribution >= 0.6 is 23.2 Å². The van der Waals surface area contributed by atoms with Crippen molar-refractivity contribution in [1.82, 2.24) is 4.90 Å². The van der Waals surface area contributed by atoms with Gasteiger partial charge in [0.05, 0.1) is 41.8 Å². The van der Waals surface area contributed by atoms with Gasteiger partial charge in [-0.15, -0.1) is 0 Å². The van der Waals surface area contributed by atoms with Gasteiger partial charge >= 0.3 is 0 Å². The van der Waals surface area contributed by atoms with E-state index in [-0.39, 0.29) is 31.1 Å². The van der Waals surface area contributed by atoms with Crippen LogP contribution in [0.4, 0.5) is 0 Å². The fourth-order valence-electron chi connectivity index (χ4n) is 2.20. The molecule has 2 rings (SSSR count). The van der Waals surface area contributed by atoms with Crippen molar-refractivity contribution in [2.45, 2.75) is 25.5 Å². The van der Waals surface area contributed by atoms with E-state index in [1.807, 2.05) is 6.92 Å². The van der Waals surface area contributed by atoms with Crippen LogP contribution in [0.3, 0.4) is 0 Å². The van der Waals surface area contributed by atoms with Crippen molar-refractivity contribution < 1.29 is 14.6 Å². The average Bonchev–Trinajstić information content (AvgIpc) is 2.43. The SMILES string of the molecule is CC1COC(CO)CN1C(=O)Cc1ccc(Cl)c(Cl)c1. The number of nitrogens with zero attached hydrogens (tertiary/aromatic N) is 1. The Morgan fingerprint density at radius 1 is 1.45 bits per heavy atom. The average molecular weight is 318 g/mol. The van der Waals surface area contributed by atoms with E-state index in [0.717, 1.165) is 5.56 Å². The Labute approximate surface area is 128 Å². The number of halogens is 2. The second-order valence-electron chi connectivity index (χ2n) is 4.96. The van der Waals surface area contributed by atoms with Crippen molar-refractivity contribution in [3.63, 3.8) is 0 Å². The number of carbonyl (C=O) groups excluding carboxylic acids is 1. The topological polar surface area (TPSA) is 49.8 Å². The van der Waals surface area contributed by atoms with Crippen LogP contribution in [0.25, 0.3) is 0 Å². The smallest absolute Gasteiger partial charge is 0.227 e. The molecule has 1 aliphatic heterocycles. The zero-order valence-electron chi connectivity index (χ0n) is 11.2. The zero-order valence-corrected chi connectivity index (χ0v) is 12.7. The Hall–Kier alpha value is -0.810. The Bertz CT molecular complexity index is 495. The number of hydrogen-bond donors (Lipinski definition) is 1. The molecule has 1 fully saturated rings. The highest BCUT2D eigenvalue weighted by atomic mass is 35.5. The van der Waals surface area contributed by atoms with Crippen molar-refractivity contribution in [1.29, 1.82) is 0 Å². The monoisotopic (exact) mass is 317 g/mol. The quantitative estimate of drug-likeness (QED) is 0.929. The van der Waals surface area contributed by atoms with E-state index < -0.39 is 0 Å². The highest BCUT2D eigenvalue weighted by Gasteiger charge is 2.29. The summed E-state index contributed by atoms with van der Waals surface area (Å²) < 4.78 is 5.42. The Balaban J connectivity index is 2.04. The lowest BCUT2D eigenvalue weighted by atomic mass is 10.1. The Morgan fingerprint density at radius 3 is 2.85 bits per heavy atom. The van der Waals surface area contributed by atoms with Crippen molar-refractivity contribution in [3.8, 4) is 0 Å². The van der Waals surface area contributed by atoms with Gasteiger partial charge in [0.2, 0.25) is 5.91 Å². The summed E-state index contributed by atoms with van der Waals surface area (Å²) in [6, 6.07) is 5.19. The third kappa shape index (κ3) is 3.64. The van der Waals surface area contributed by atoms with Gasteiger partial charge in [-0.3, -0.25) is 4.79 Å². The molecule has 0 aromatic heterocycles. The highest BCUT2D eigenvalue weighted by Crippen LogP contribution is 2.23. The van der Waals surface area contributed by atoms with Crippen LogP contribution in [0.1, 0.15) is 12.5 Å². The van der Waals surface area contributed by atoms with Crippen LogP contribution in [0, 0.1) is 0 Å². The predicted molar refractivity (Wildman–Crippen MR) is 78.2 cm³/mol. The van der Waals surface area contributed by atoms with Gasteiger partial charge in [-0.25, -0.2) is 0 Å². The molecule has 2 unspecified atom stereocenters. The summed E-state index contributed by atoms with van der Waals surface area (Å²) in [6.45, 7) is 2.71. The van der Waals surface area contributed by atoms with Crippen molar-refractivity contribution in [2.75, 3.05) is 19.8 Å². The normalized spacial score (nSPS) is 22.9. The fraction of sp³-hybridized carbons (Fsp3) is 0.500. The summed E-state index contributed by atoms with van der Waals surface area (Å²) in [5.41, 5.74) is 0.823. The predicted octanol–water partition coefficient (Wildman–Crippen LogP) is 2.14. The van der Waals surface area contributed by atoms with Gasteiger partial charge in [-0.05, 0) is 24.6 Å².